The van der Waals surface area contributed by atoms with Crippen molar-refractivity contribution in [3.63, 3.8) is 0 Å². The van der Waals surface area contributed by atoms with Gasteiger partial charge in [-0.3, -0.25) is 4.79 Å². The second-order valence-corrected chi connectivity index (χ2v) is 1.72. The molecule has 0 atom stereocenters. The molecule has 1 aromatic heterocycles. The summed E-state index contributed by atoms with van der Waals surface area (Å²) in [7, 11) is 0. The summed E-state index contributed by atoms with van der Waals surface area (Å²) < 4.78 is 1.15. The van der Waals surface area contributed by atoms with Crippen LogP contribution in [-0.4, -0.2) is 26.7 Å². The molecule has 0 unspecified atom stereocenters. The van der Waals surface area contributed by atoms with E-state index < -0.39 is 0 Å². The van der Waals surface area contributed by atoms with Crippen LogP contribution in [0, 0.1) is 0 Å². The van der Waals surface area contributed by atoms with Crippen molar-refractivity contribution in [2.45, 2.75) is 0 Å². The summed E-state index contributed by atoms with van der Waals surface area (Å²) in [5.41, 5.74) is 0. The number of aromatic nitrogens is 3. The van der Waals surface area contributed by atoms with Crippen LogP contribution in [0.3, 0.4) is 0 Å². The van der Waals surface area contributed by atoms with Crippen LogP contribution in [0.1, 0.15) is 4.79 Å². The Balaban J connectivity index is 2.77. The van der Waals surface area contributed by atoms with E-state index in [1.807, 2.05) is 0 Å². The van der Waals surface area contributed by atoms with Gasteiger partial charge < -0.3 is 0 Å². The topological polar surface area (TPSA) is 47.8 Å². The summed E-state index contributed by atoms with van der Waals surface area (Å²) in [4.78, 5) is 10.7. The minimum absolute atomic E-state index is 0.156. The molecular formula is C4H5N3OS. The zero-order valence-corrected chi connectivity index (χ0v) is 5.45. The minimum atomic E-state index is -0.171. The van der Waals surface area contributed by atoms with Crippen LogP contribution in [0.2, 0.25) is 0 Å². The average molecular weight is 143 g/mol. The van der Waals surface area contributed by atoms with E-state index in [-0.39, 0.29) is 11.7 Å². The highest BCUT2D eigenvalue weighted by atomic mass is 32.1. The molecule has 1 rings (SSSR count). The van der Waals surface area contributed by atoms with Gasteiger partial charge in [0.05, 0.1) is 18.1 Å². The summed E-state index contributed by atoms with van der Waals surface area (Å²) in [6, 6.07) is 0. The Kier molecular flexibility index (Phi) is 1.84. The smallest absolute Gasteiger partial charge is 0.257 e. The molecular weight excluding hydrogens is 138 g/mol. The number of nitrogens with zero attached hydrogens (tertiary/aromatic N) is 3. The normalized spacial score (nSPS) is 9.44. The van der Waals surface area contributed by atoms with Crippen molar-refractivity contribution in [3.8, 4) is 0 Å². The molecule has 48 valence electrons. The van der Waals surface area contributed by atoms with Crippen molar-refractivity contribution in [2.75, 3.05) is 5.75 Å². The Morgan fingerprint density at radius 1 is 1.78 bits per heavy atom. The Labute approximate surface area is 57.3 Å². The maximum absolute atomic E-state index is 10.7. The molecule has 1 aromatic rings. The van der Waals surface area contributed by atoms with E-state index in [9.17, 15) is 4.79 Å². The summed E-state index contributed by atoms with van der Waals surface area (Å²) in [5, 5.41) is 6.90. The van der Waals surface area contributed by atoms with Crippen molar-refractivity contribution in [1.82, 2.24) is 15.0 Å². The summed E-state index contributed by atoms with van der Waals surface area (Å²) in [5.74, 6) is -0.0144. The number of hydrogen-bond acceptors (Lipinski definition) is 4. The third-order valence-electron chi connectivity index (χ3n) is 0.813. The summed E-state index contributed by atoms with van der Waals surface area (Å²) in [6.45, 7) is 0. The first-order valence-electron chi connectivity index (χ1n) is 2.35. The average Bonchev–Trinajstić information content (AvgIpc) is 2.37. The van der Waals surface area contributed by atoms with Crippen molar-refractivity contribution in [2.24, 2.45) is 0 Å². The fourth-order valence-corrected chi connectivity index (χ4v) is 0.559. The van der Waals surface area contributed by atoms with Crippen LogP contribution in [0.4, 0.5) is 0 Å². The molecule has 0 bridgehead atoms. The molecule has 0 aliphatic rings. The van der Waals surface area contributed by atoms with Gasteiger partial charge >= 0.3 is 0 Å². The van der Waals surface area contributed by atoms with Gasteiger partial charge in [-0.05, 0) is 0 Å². The van der Waals surface area contributed by atoms with Crippen LogP contribution >= 0.6 is 12.6 Å². The highest BCUT2D eigenvalue weighted by Crippen LogP contribution is 1.82. The zero-order valence-electron chi connectivity index (χ0n) is 4.56. The lowest BCUT2D eigenvalue weighted by Gasteiger charge is -1.89. The molecule has 4 nitrogen and oxygen atoms in total. The molecule has 0 saturated heterocycles. The molecule has 0 spiro atoms. The third-order valence-corrected chi connectivity index (χ3v) is 1.08. The van der Waals surface area contributed by atoms with Crippen LogP contribution in [0.15, 0.2) is 12.4 Å². The van der Waals surface area contributed by atoms with Gasteiger partial charge in [-0.1, -0.05) is 5.21 Å². The number of carbonyl (C=O) groups excluding carboxylic acids is 1. The van der Waals surface area contributed by atoms with E-state index >= 15 is 0 Å². The van der Waals surface area contributed by atoms with E-state index in [0.717, 1.165) is 4.68 Å². The second kappa shape index (κ2) is 2.63. The molecule has 0 N–H and O–H groups in total. The third kappa shape index (κ3) is 1.29. The highest BCUT2D eigenvalue weighted by Gasteiger charge is 1.99. The van der Waals surface area contributed by atoms with Gasteiger partial charge in [-0.25, -0.2) is 0 Å². The standard InChI is InChI=1S/C4H5N3OS/c8-4(3-9)7-2-1-5-6-7/h1-2,9H,3H2. The van der Waals surface area contributed by atoms with Crippen molar-refractivity contribution in [1.29, 1.82) is 0 Å². The largest absolute Gasteiger partial charge is 0.272 e. The first kappa shape index (κ1) is 6.28. The molecule has 0 aliphatic heterocycles. The first-order chi connectivity index (χ1) is 4.34. The fourth-order valence-electron chi connectivity index (χ4n) is 0.414. The Morgan fingerprint density at radius 2 is 2.56 bits per heavy atom. The van der Waals surface area contributed by atoms with Crippen molar-refractivity contribution >= 4 is 18.5 Å². The van der Waals surface area contributed by atoms with E-state index in [2.05, 4.69) is 22.9 Å². The fraction of sp³-hybridized carbons (Fsp3) is 0.250. The predicted octanol–water partition coefficient (Wildman–Crippen LogP) is -0.152. The molecule has 0 fully saturated rings. The van der Waals surface area contributed by atoms with Crippen LogP contribution in [-0.2, 0) is 0 Å². The molecule has 1 heterocycles. The minimum Gasteiger partial charge on any atom is -0.272 e. The molecule has 0 aromatic carbocycles. The van der Waals surface area contributed by atoms with Crippen LogP contribution in [0.25, 0.3) is 0 Å². The summed E-state index contributed by atoms with van der Waals surface area (Å²) >= 11 is 3.76. The Bertz CT molecular complexity index is 196. The molecule has 0 saturated carbocycles. The van der Waals surface area contributed by atoms with E-state index in [0.29, 0.717) is 0 Å². The Hall–Kier alpha value is -0.840. The molecule has 0 radical (unpaired) electrons. The lowest BCUT2D eigenvalue weighted by atomic mass is 10.7. The maximum atomic E-state index is 10.7. The number of rotatable bonds is 1. The van der Waals surface area contributed by atoms with Crippen LogP contribution in [0.5, 0.6) is 0 Å². The van der Waals surface area contributed by atoms with Gasteiger partial charge in [0.15, 0.2) is 0 Å². The lowest BCUT2D eigenvalue weighted by molar-refractivity contribution is 0.0924. The predicted molar refractivity (Wildman–Crippen MR) is 34.5 cm³/mol. The van der Waals surface area contributed by atoms with Gasteiger partial charge in [0, 0.05) is 0 Å². The Morgan fingerprint density at radius 3 is 3.00 bits per heavy atom. The quantitative estimate of drug-likeness (QED) is 0.556. The maximum Gasteiger partial charge on any atom is 0.257 e. The number of carbonyl (C=O) groups is 1. The second-order valence-electron chi connectivity index (χ2n) is 1.40. The zero-order chi connectivity index (χ0) is 6.69. The molecule has 0 aliphatic carbocycles. The van der Waals surface area contributed by atoms with Gasteiger partial charge in [-0.15, -0.1) is 5.10 Å². The first-order valence-corrected chi connectivity index (χ1v) is 2.98. The molecule has 5 heteroatoms. The molecule has 0 amide bonds. The van der Waals surface area contributed by atoms with E-state index in [4.69, 9.17) is 0 Å². The van der Waals surface area contributed by atoms with Crippen LogP contribution < -0.4 is 0 Å². The van der Waals surface area contributed by atoms with Gasteiger partial charge in [0.2, 0.25) is 0 Å². The monoisotopic (exact) mass is 143 g/mol. The number of thiol groups is 1. The molecule has 9 heavy (non-hydrogen) atoms. The summed E-state index contributed by atoms with van der Waals surface area (Å²) in [6.07, 6.45) is 2.93. The van der Waals surface area contributed by atoms with E-state index in [1.54, 1.807) is 0 Å². The van der Waals surface area contributed by atoms with Gasteiger partial charge in [0.25, 0.3) is 5.91 Å². The van der Waals surface area contributed by atoms with Gasteiger partial charge in [0.1, 0.15) is 0 Å². The van der Waals surface area contributed by atoms with Crippen molar-refractivity contribution in [3.05, 3.63) is 12.4 Å². The number of hydrogen-bond donors (Lipinski definition) is 1. The van der Waals surface area contributed by atoms with Gasteiger partial charge in [-0.2, -0.15) is 17.3 Å². The lowest BCUT2D eigenvalue weighted by Crippen LogP contribution is -2.12. The van der Waals surface area contributed by atoms with Crippen molar-refractivity contribution < 1.29 is 4.79 Å². The highest BCUT2D eigenvalue weighted by molar-refractivity contribution is 7.81. The SMILES string of the molecule is O=C(CS)n1ccnn1. The van der Waals surface area contributed by atoms with E-state index in [1.165, 1.54) is 12.4 Å².